The van der Waals surface area contributed by atoms with Crippen molar-refractivity contribution >= 4 is 20.5 Å². The molecule has 84 valence electrons. The second kappa shape index (κ2) is 5.82. The summed E-state index contributed by atoms with van der Waals surface area (Å²) in [7, 11) is -0.864. The standard InChI is InChI=1S/C13H23PSi/c1-5-6-12-14(15(2,3)4)13-10-8-7-9-11-13/h7-11H,5-6,12H2,1-4H3. The molecule has 1 atom stereocenters. The highest BCUT2D eigenvalue weighted by molar-refractivity contribution is 7.99. The highest BCUT2D eigenvalue weighted by Crippen LogP contribution is 2.45. The molecule has 0 bridgehead atoms. The number of hydrogen-bond donors (Lipinski definition) is 0. The van der Waals surface area contributed by atoms with E-state index in [0.29, 0.717) is 0 Å². The largest absolute Gasteiger partial charge is 0.0882 e. The molecule has 0 saturated carbocycles. The minimum atomic E-state index is -1.000. The van der Waals surface area contributed by atoms with Crippen molar-refractivity contribution in [3.63, 3.8) is 0 Å². The summed E-state index contributed by atoms with van der Waals surface area (Å²) in [5.41, 5.74) is 0. The molecule has 0 amide bonds. The Morgan fingerprint density at radius 1 is 1.07 bits per heavy atom. The summed E-state index contributed by atoms with van der Waals surface area (Å²) in [4.78, 5) is 0. The van der Waals surface area contributed by atoms with Gasteiger partial charge in [-0.15, -0.1) is 0 Å². The fourth-order valence-corrected chi connectivity index (χ4v) is 9.90. The van der Waals surface area contributed by atoms with Crippen LogP contribution in [0.1, 0.15) is 19.8 Å². The Hall–Kier alpha value is -0.133. The van der Waals surface area contributed by atoms with E-state index in [9.17, 15) is 0 Å². The molecule has 0 saturated heterocycles. The third-order valence-electron chi connectivity index (χ3n) is 2.61. The van der Waals surface area contributed by atoms with Gasteiger partial charge in [0.25, 0.3) is 0 Å². The molecule has 0 N–H and O–H groups in total. The van der Waals surface area contributed by atoms with Crippen LogP contribution in [0.25, 0.3) is 0 Å². The van der Waals surface area contributed by atoms with Crippen LogP contribution >= 0.6 is 7.47 Å². The molecular weight excluding hydrogens is 215 g/mol. The second-order valence-electron chi connectivity index (χ2n) is 5.01. The molecular formula is C13H23PSi. The summed E-state index contributed by atoms with van der Waals surface area (Å²) in [6.07, 6.45) is 4.16. The van der Waals surface area contributed by atoms with E-state index >= 15 is 0 Å². The lowest BCUT2D eigenvalue weighted by Crippen LogP contribution is -2.25. The molecule has 0 spiro atoms. The normalized spacial score (nSPS) is 13.9. The number of rotatable bonds is 5. The third-order valence-corrected chi connectivity index (χ3v) is 12.2. The van der Waals surface area contributed by atoms with Gasteiger partial charge in [-0.3, -0.25) is 0 Å². The quantitative estimate of drug-likeness (QED) is 0.526. The zero-order valence-electron chi connectivity index (χ0n) is 10.5. The van der Waals surface area contributed by atoms with E-state index in [1.807, 2.05) is 0 Å². The first-order valence-electron chi connectivity index (χ1n) is 5.88. The van der Waals surface area contributed by atoms with Gasteiger partial charge in [0.2, 0.25) is 0 Å². The number of unbranched alkanes of at least 4 members (excludes halogenated alkanes) is 1. The summed E-state index contributed by atoms with van der Waals surface area (Å²) >= 11 is 0. The molecule has 0 aromatic heterocycles. The van der Waals surface area contributed by atoms with Crippen LogP contribution in [0.15, 0.2) is 30.3 Å². The molecule has 1 unspecified atom stereocenters. The lowest BCUT2D eigenvalue weighted by molar-refractivity contribution is 0.894. The van der Waals surface area contributed by atoms with Gasteiger partial charge in [-0.1, -0.05) is 70.8 Å². The number of hydrogen-bond acceptors (Lipinski definition) is 0. The van der Waals surface area contributed by atoms with Crippen molar-refractivity contribution in [2.45, 2.75) is 39.4 Å². The molecule has 0 heterocycles. The molecule has 1 aromatic carbocycles. The second-order valence-corrected chi connectivity index (χ2v) is 16.8. The smallest absolute Gasteiger partial charge is 0.0773 e. The van der Waals surface area contributed by atoms with E-state index in [1.165, 1.54) is 19.0 Å². The first-order chi connectivity index (χ1) is 7.05. The van der Waals surface area contributed by atoms with Crippen molar-refractivity contribution in [3.05, 3.63) is 30.3 Å². The maximum Gasteiger partial charge on any atom is 0.0773 e. The van der Waals surface area contributed by atoms with Crippen LogP contribution < -0.4 is 5.30 Å². The van der Waals surface area contributed by atoms with E-state index < -0.39 is 7.74 Å². The molecule has 0 aliphatic heterocycles. The van der Waals surface area contributed by atoms with Crippen molar-refractivity contribution in [1.29, 1.82) is 0 Å². The Balaban J connectivity index is 2.82. The van der Waals surface area contributed by atoms with E-state index in [2.05, 4.69) is 56.9 Å². The first kappa shape index (κ1) is 12.9. The van der Waals surface area contributed by atoms with Gasteiger partial charge >= 0.3 is 0 Å². The maximum atomic E-state index is 2.52. The van der Waals surface area contributed by atoms with Gasteiger partial charge in [0, 0.05) is 0 Å². The van der Waals surface area contributed by atoms with Crippen LogP contribution in [0, 0.1) is 0 Å². The van der Waals surface area contributed by atoms with Gasteiger partial charge < -0.3 is 0 Å². The first-order valence-corrected chi connectivity index (χ1v) is 11.7. The van der Waals surface area contributed by atoms with Crippen LogP contribution in [-0.2, 0) is 0 Å². The fraction of sp³-hybridized carbons (Fsp3) is 0.538. The summed E-state index contributed by atoms with van der Waals surface area (Å²) in [5, 5.41) is 1.63. The Kier molecular flexibility index (Phi) is 5.02. The Bertz CT molecular complexity index is 276. The molecule has 2 heteroatoms. The van der Waals surface area contributed by atoms with E-state index in [0.717, 1.165) is 0 Å². The van der Waals surface area contributed by atoms with Crippen LogP contribution in [0.3, 0.4) is 0 Å². The van der Waals surface area contributed by atoms with Crippen molar-refractivity contribution in [3.8, 4) is 0 Å². The zero-order chi connectivity index (χ0) is 11.3. The van der Waals surface area contributed by atoms with Gasteiger partial charge in [-0.05, 0) is 17.9 Å². The lowest BCUT2D eigenvalue weighted by Gasteiger charge is -2.30. The SMILES string of the molecule is CCCCP(c1ccccc1)[Si](C)(C)C. The molecule has 0 fully saturated rings. The predicted octanol–water partition coefficient (Wildman–Crippen LogP) is 4.43. The van der Waals surface area contributed by atoms with Crippen molar-refractivity contribution in [1.82, 2.24) is 0 Å². The lowest BCUT2D eigenvalue weighted by atomic mass is 10.4. The molecule has 0 nitrogen and oxygen atoms in total. The summed E-state index contributed by atoms with van der Waals surface area (Å²) in [5.74, 6) is 0. The number of benzene rings is 1. The van der Waals surface area contributed by atoms with Gasteiger partial charge in [0.05, 0.1) is 7.74 Å². The molecule has 1 rings (SSSR count). The molecule has 0 aliphatic rings. The minimum Gasteiger partial charge on any atom is -0.0882 e. The van der Waals surface area contributed by atoms with E-state index in [1.54, 1.807) is 5.30 Å². The molecule has 15 heavy (non-hydrogen) atoms. The van der Waals surface area contributed by atoms with Crippen LogP contribution in [0.5, 0.6) is 0 Å². The van der Waals surface area contributed by atoms with Gasteiger partial charge in [-0.25, -0.2) is 0 Å². The van der Waals surface area contributed by atoms with Gasteiger partial charge in [0.15, 0.2) is 0 Å². The Labute approximate surface area is 96.7 Å². The Morgan fingerprint density at radius 2 is 1.67 bits per heavy atom. The van der Waals surface area contributed by atoms with Crippen molar-refractivity contribution in [2.75, 3.05) is 6.16 Å². The monoisotopic (exact) mass is 238 g/mol. The van der Waals surface area contributed by atoms with Gasteiger partial charge in [-0.2, -0.15) is 0 Å². The molecule has 0 radical (unpaired) electrons. The summed E-state index contributed by atoms with van der Waals surface area (Å²) in [6, 6.07) is 11.2. The highest BCUT2D eigenvalue weighted by Gasteiger charge is 2.26. The zero-order valence-corrected chi connectivity index (χ0v) is 12.3. The van der Waals surface area contributed by atoms with Crippen LogP contribution in [0.2, 0.25) is 19.6 Å². The highest BCUT2D eigenvalue weighted by atomic mass is 31.4. The van der Waals surface area contributed by atoms with E-state index in [4.69, 9.17) is 0 Å². The average Bonchev–Trinajstić information content (AvgIpc) is 2.18. The summed E-state index contributed by atoms with van der Waals surface area (Å²) < 4.78 is 0. The summed E-state index contributed by atoms with van der Waals surface area (Å²) in [6.45, 7) is 9.84. The van der Waals surface area contributed by atoms with Crippen LogP contribution in [-0.4, -0.2) is 13.9 Å². The van der Waals surface area contributed by atoms with Crippen molar-refractivity contribution in [2.24, 2.45) is 0 Å². The topological polar surface area (TPSA) is 0 Å². The minimum absolute atomic E-state index is 0.136. The van der Waals surface area contributed by atoms with Gasteiger partial charge in [0.1, 0.15) is 0 Å². The Morgan fingerprint density at radius 3 is 2.13 bits per heavy atom. The molecule has 0 aliphatic carbocycles. The third kappa shape index (κ3) is 4.08. The fourth-order valence-electron chi connectivity index (χ4n) is 1.78. The maximum absolute atomic E-state index is 2.52. The predicted molar refractivity (Wildman–Crippen MR) is 76.1 cm³/mol. The van der Waals surface area contributed by atoms with Crippen molar-refractivity contribution < 1.29 is 0 Å². The molecule has 1 aromatic rings. The van der Waals surface area contributed by atoms with Crippen LogP contribution in [0.4, 0.5) is 0 Å². The average molecular weight is 238 g/mol. The van der Waals surface area contributed by atoms with E-state index in [-0.39, 0.29) is 7.47 Å².